The second kappa shape index (κ2) is 11.6. The average Bonchev–Trinajstić information content (AvgIpc) is 3.17. The summed E-state index contributed by atoms with van der Waals surface area (Å²) in [5, 5.41) is 12.6. The van der Waals surface area contributed by atoms with Crippen molar-refractivity contribution in [1.82, 2.24) is 4.98 Å². The van der Waals surface area contributed by atoms with E-state index in [2.05, 4.69) is 34.3 Å². The van der Waals surface area contributed by atoms with Crippen LogP contribution in [0.1, 0.15) is 72.5 Å². The number of hydrogen-bond acceptors (Lipinski definition) is 5. The second-order valence-corrected chi connectivity index (χ2v) is 12.8. The van der Waals surface area contributed by atoms with Crippen LogP contribution in [0.15, 0.2) is 49.1 Å². The summed E-state index contributed by atoms with van der Waals surface area (Å²) in [6, 6.07) is 11.2. The number of hydrogen-bond donors (Lipinski definition) is 1. The third-order valence-electron chi connectivity index (χ3n) is 6.73. The quantitative estimate of drug-likeness (QED) is 0.292. The van der Waals surface area contributed by atoms with E-state index in [-0.39, 0.29) is 17.1 Å². The molecule has 5 nitrogen and oxygen atoms in total. The van der Waals surface area contributed by atoms with Crippen molar-refractivity contribution in [2.75, 3.05) is 11.4 Å². The number of amides is 1. The Morgan fingerprint density at radius 2 is 2.00 bits per heavy atom. The molecule has 0 saturated carbocycles. The van der Waals surface area contributed by atoms with Gasteiger partial charge in [0, 0.05) is 39.7 Å². The SMILES string of the molecule is C=CCCc1nc(C[C@H]2OC(c3cccc(CC)c3O)c3cc(Cl)ccc3N(CC(C)(C)C)C2=O)sc1C. The van der Waals surface area contributed by atoms with Crippen LogP contribution in [0.3, 0.4) is 0 Å². The lowest BCUT2D eigenvalue weighted by molar-refractivity contribution is -0.132. The van der Waals surface area contributed by atoms with Crippen LogP contribution in [0.2, 0.25) is 5.02 Å². The van der Waals surface area contributed by atoms with Gasteiger partial charge in [0.1, 0.15) is 18.0 Å². The maximum atomic E-state index is 14.2. The minimum atomic E-state index is -0.781. The van der Waals surface area contributed by atoms with Gasteiger partial charge >= 0.3 is 0 Å². The van der Waals surface area contributed by atoms with Crippen molar-refractivity contribution in [1.29, 1.82) is 0 Å². The Morgan fingerprint density at radius 1 is 1.24 bits per heavy atom. The lowest BCUT2D eigenvalue weighted by Gasteiger charge is -2.31. The van der Waals surface area contributed by atoms with E-state index in [4.69, 9.17) is 21.3 Å². The molecular weight excluding hydrogens is 516 g/mol. The zero-order valence-corrected chi connectivity index (χ0v) is 24.5. The topological polar surface area (TPSA) is 62.7 Å². The Morgan fingerprint density at radius 3 is 2.68 bits per heavy atom. The van der Waals surface area contributed by atoms with Gasteiger partial charge in [-0.25, -0.2) is 4.98 Å². The summed E-state index contributed by atoms with van der Waals surface area (Å²) in [7, 11) is 0. The third-order valence-corrected chi connectivity index (χ3v) is 8.00. The summed E-state index contributed by atoms with van der Waals surface area (Å²) in [4.78, 5) is 22.0. The molecule has 0 bridgehead atoms. The summed E-state index contributed by atoms with van der Waals surface area (Å²) in [6.45, 7) is 14.7. The first-order valence-electron chi connectivity index (χ1n) is 13.2. The molecule has 1 aromatic heterocycles. The van der Waals surface area contributed by atoms with Gasteiger partial charge in [-0.05, 0) is 55.4 Å². The number of para-hydroxylation sites is 1. The molecular formula is C31H37ClN2O3S. The van der Waals surface area contributed by atoms with Crippen molar-refractivity contribution in [2.45, 2.75) is 72.5 Å². The highest BCUT2D eigenvalue weighted by Crippen LogP contribution is 2.44. The lowest BCUT2D eigenvalue weighted by atomic mass is 9.93. The zero-order valence-electron chi connectivity index (χ0n) is 22.9. The number of halogens is 1. The predicted octanol–water partition coefficient (Wildman–Crippen LogP) is 7.60. The number of phenolic OH excluding ortho intramolecular Hbond substituents is 1. The van der Waals surface area contributed by atoms with Crippen molar-refractivity contribution in [3.8, 4) is 5.75 Å². The molecule has 4 rings (SSSR count). The number of carbonyl (C=O) groups is 1. The van der Waals surface area contributed by atoms with Gasteiger partial charge in [0.15, 0.2) is 0 Å². The Labute approximate surface area is 235 Å². The summed E-state index contributed by atoms with van der Waals surface area (Å²) >= 11 is 8.10. The monoisotopic (exact) mass is 552 g/mol. The number of fused-ring (bicyclic) bond motifs is 1. The molecule has 7 heteroatoms. The number of carbonyl (C=O) groups excluding carboxylic acids is 1. The first-order valence-corrected chi connectivity index (χ1v) is 14.3. The van der Waals surface area contributed by atoms with E-state index >= 15 is 0 Å². The van der Waals surface area contributed by atoms with Crippen molar-refractivity contribution in [3.05, 3.63) is 86.3 Å². The summed E-state index contributed by atoms with van der Waals surface area (Å²) < 4.78 is 6.69. The van der Waals surface area contributed by atoms with Crippen LogP contribution in [0.25, 0.3) is 0 Å². The molecule has 1 N–H and O–H groups in total. The van der Waals surface area contributed by atoms with Gasteiger partial charge in [0.25, 0.3) is 5.91 Å². The molecule has 2 heterocycles. The van der Waals surface area contributed by atoms with Crippen LogP contribution >= 0.6 is 22.9 Å². The van der Waals surface area contributed by atoms with Crippen LogP contribution < -0.4 is 4.90 Å². The third kappa shape index (κ3) is 6.14. The number of aromatic hydroxyl groups is 1. The van der Waals surface area contributed by atoms with Crippen LogP contribution in [0.5, 0.6) is 5.75 Å². The first-order chi connectivity index (χ1) is 18.0. The normalized spacial score (nSPS) is 17.8. The maximum Gasteiger partial charge on any atom is 0.256 e. The van der Waals surface area contributed by atoms with E-state index in [0.29, 0.717) is 30.0 Å². The van der Waals surface area contributed by atoms with Crippen LogP contribution in [-0.4, -0.2) is 28.6 Å². The van der Waals surface area contributed by atoms with Gasteiger partial charge in [-0.2, -0.15) is 0 Å². The summed E-state index contributed by atoms with van der Waals surface area (Å²) in [6.07, 6.45) is 3.15. The fourth-order valence-corrected chi connectivity index (χ4v) is 6.09. The number of aromatic nitrogens is 1. The van der Waals surface area contributed by atoms with E-state index in [1.807, 2.05) is 48.2 Å². The Hall–Kier alpha value is -2.67. The molecule has 0 spiro atoms. The van der Waals surface area contributed by atoms with Crippen LogP contribution in [0, 0.1) is 12.3 Å². The number of allylic oxidation sites excluding steroid dienone is 1. The van der Waals surface area contributed by atoms with E-state index in [9.17, 15) is 9.90 Å². The zero-order chi connectivity index (χ0) is 27.6. The molecule has 1 amide bonds. The minimum Gasteiger partial charge on any atom is -0.507 e. The van der Waals surface area contributed by atoms with Crippen molar-refractivity contribution < 1.29 is 14.6 Å². The molecule has 0 radical (unpaired) electrons. The molecule has 1 aliphatic rings. The minimum absolute atomic E-state index is 0.113. The number of anilines is 1. The summed E-state index contributed by atoms with van der Waals surface area (Å²) in [5.74, 6) is 0.0795. The van der Waals surface area contributed by atoms with Gasteiger partial charge in [0.05, 0.1) is 10.7 Å². The van der Waals surface area contributed by atoms with Crippen molar-refractivity contribution >= 4 is 34.5 Å². The van der Waals surface area contributed by atoms with E-state index in [0.717, 1.165) is 45.2 Å². The largest absolute Gasteiger partial charge is 0.507 e. The Kier molecular flexibility index (Phi) is 8.65. The molecule has 3 aromatic rings. The highest BCUT2D eigenvalue weighted by atomic mass is 35.5. The number of nitrogens with zero attached hydrogens (tertiary/aromatic N) is 2. The van der Waals surface area contributed by atoms with E-state index in [1.165, 1.54) is 0 Å². The van der Waals surface area contributed by atoms with E-state index < -0.39 is 12.2 Å². The highest BCUT2D eigenvalue weighted by Gasteiger charge is 2.39. The number of phenols is 1. The molecule has 38 heavy (non-hydrogen) atoms. The van der Waals surface area contributed by atoms with Gasteiger partial charge < -0.3 is 14.7 Å². The molecule has 2 atom stereocenters. The number of aryl methyl sites for hydroxylation is 3. The highest BCUT2D eigenvalue weighted by molar-refractivity contribution is 7.11. The lowest BCUT2D eigenvalue weighted by Crippen LogP contribution is -2.44. The molecule has 202 valence electrons. The maximum absolute atomic E-state index is 14.2. The average molecular weight is 553 g/mol. The van der Waals surface area contributed by atoms with Crippen molar-refractivity contribution in [3.63, 3.8) is 0 Å². The Bertz CT molecular complexity index is 1330. The second-order valence-electron chi connectivity index (χ2n) is 11.0. The predicted molar refractivity (Wildman–Crippen MR) is 157 cm³/mol. The van der Waals surface area contributed by atoms with Gasteiger partial charge in [0.2, 0.25) is 0 Å². The number of rotatable bonds is 8. The molecule has 0 saturated heterocycles. The summed E-state index contributed by atoms with van der Waals surface area (Å²) in [5.41, 5.74) is 3.86. The smallest absolute Gasteiger partial charge is 0.256 e. The number of thiazole rings is 1. The number of benzene rings is 2. The number of ether oxygens (including phenoxy) is 1. The van der Waals surface area contributed by atoms with Crippen LogP contribution in [-0.2, 0) is 28.8 Å². The molecule has 2 aromatic carbocycles. The standard InChI is InChI=1S/C31H37ClN2O3S/c1-7-9-13-24-19(3)38-27(33-24)17-26-30(36)34(18-31(4,5)6)25-15-14-21(32)16-23(25)29(37-26)22-12-10-11-20(8-2)28(22)35/h7,10-12,14-16,26,29,35H,1,8-9,13,17-18H2,2-6H3/t26-,29?/m1/s1. The molecule has 0 aliphatic carbocycles. The fraction of sp³-hybridized carbons (Fsp3) is 0.419. The van der Waals surface area contributed by atoms with Gasteiger partial charge in [-0.1, -0.05) is 63.6 Å². The fourth-order valence-electron chi connectivity index (χ4n) is 4.90. The van der Waals surface area contributed by atoms with Crippen LogP contribution in [0.4, 0.5) is 5.69 Å². The molecule has 0 fully saturated rings. The molecule has 1 unspecified atom stereocenters. The first kappa shape index (κ1) is 28.3. The van der Waals surface area contributed by atoms with E-state index in [1.54, 1.807) is 17.4 Å². The molecule has 1 aliphatic heterocycles. The Balaban J connectivity index is 1.84. The van der Waals surface area contributed by atoms with Crippen molar-refractivity contribution in [2.24, 2.45) is 5.41 Å². The van der Waals surface area contributed by atoms with Gasteiger partial charge in [-0.3, -0.25) is 4.79 Å². The van der Waals surface area contributed by atoms with Gasteiger partial charge in [-0.15, -0.1) is 17.9 Å².